The number of rotatable bonds is 1. The topological polar surface area (TPSA) is 0 Å². The molecule has 0 aliphatic heterocycles. The third-order valence-corrected chi connectivity index (χ3v) is 2.42. The van der Waals surface area contributed by atoms with Crippen LogP contribution in [0.1, 0.15) is 4.88 Å². The molecule has 7 heteroatoms. The molecule has 0 aliphatic carbocycles. The van der Waals surface area contributed by atoms with E-state index < -0.39 is 0 Å². The molecule has 0 bridgehead atoms. The molecule has 0 radical (unpaired) electrons. The van der Waals surface area contributed by atoms with Gasteiger partial charge in [-0.3, -0.25) is 0 Å². The molecule has 0 saturated carbocycles. The standard InChI is InChI=1S/C5H7PS.3BrH.2H3P/c6-4-5-2-1-3-7-5;;;;;/h1-3H,4,6H2;3*1H;2*1H3. The van der Waals surface area contributed by atoms with E-state index in [0.29, 0.717) is 0 Å². The molecular weight excluding hydrogens is 425 g/mol. The second-order valence-corrected chi connectivity index (χ2v) is 2.72. The van der Waals surface area contributed by atoms with Gasteiger partial charge in [0.15, 0.2) is 0 Å². The van der Waals surface area contributed by atoms with Gasteiger partial charge in [-0.1, -0.05) is 6.07 Å². The van der Waals surface area contributed by atoms with Crippen molar-refractivity contribution in [3.05, 3.63) is 22.4 Å². The zero-order valence-electron chi connectivity index (χ0n) is 6.56. The summed E-state index contributed by atoms with van der Waals surface area (Å²) in [5, 5.41) is 2.10. The second-order valence-electron chi connectivity index (χ2n) is 1.28. The molecule has 0 spiro atoms. The number of hydrogen-bond donors (Lipinski definition) is 0. The van der Waals surface area contributed by atoms with E-state index in [-0.39, 0.29) is 70.7 Å². The van der Waals surface area contributed by atoms with E-state index in [4.69, 9.17) is 0 Å². The molecule has 0 aliphatic rings. The Labute approximate surface area is 119 Å². The molecule has 0 amide bonds. The van der Waals surface area contributed by atoms with Crippen LogP contribution in [0.2, 0.25) is 0 Å². The smallest absolute Gasteiger partial charge is 0.00830 e. The summed E-state index contributed by atoms with van der Waals surface area (Å²) in [7, 11) is 2.69. The SMILES string of the molecule is Br.Br.Br.P.P.PCc1cccs1. The van der Waals surface area contributed by atoms with Crippen molar-refractivity contribution in [3.63, 3.8) is 0 Å². The largest absolute Gasteiger partial charge is 0.153 e. The lowest BCUT2D eigenvalue weighted by Gasteiger charge is -1.78. The minimum atomic E-state index is 0. The highest BCUT2D eigenvalue weighted by atomic mass is 79.9. The Hall–Kier alpha value is 2.43. The van der Waals surface area contributed by atoms with Crippen molar-refractivity contribution in [2.24, 2.45) is 0 Å². The molecule has 0 fully saturated rings. The van der Waals surface area contributed by atoms with Crippen LogP contribution in [0, 0.1) is 0 Å². The minimum Gasteiger partial charge on any atom is -0.153 e. The molecule has 1 heterocycles. The Balaban J connectivity index is -0.0000000327. The van der Waals surface area contributed by atoms with Crippen molar-refractivity contribution in [1.82, 2.24) is 0 Å². The summed E-state index contributed by atoms with van der Waals surface area (Å²) in [5.41, 5.74) is 0. The molecule has 1 aromatic rings. The van der Waals surface area contributed by atoms with Gasteiger partial charge in [0.25, 0.3) is 0 Å². The van der Waals surface area contributed by atoms with Crippen LogP contribution in [-0.4, -0.2) is 0 Å². The first-order valence-corrected chi connectivity index (χ1v) is 3.85. The van der Waals surface area contributed by atoms with Gasteiger partial charge in [0.1, 0.15) is 0 Å². The lowest BCUT2D eigenvalue weighted by Crippen LogP contribution is -1.57. The zero-order chi connectivity index (χ0) is 5.11. The molecule has 0 nitrogen and oxygen atoms in total. The normalized spacial score (nSPS) is 5.42. The van der Waals surface area contributed by atoms with Gasteiger partial charge in [-0.25, -0.2) is 0 Å². The molecule has 3 unspecified atom stereocenters. The molecule has 1 rings (SSSR count). The first-order valence-electron chi connectivity index (χ1n) is 2.16. The maximum atomic E-state index is 2.69. The molecule has 0 saturated heterocycles. The van der Waals surface area contributed by atoms with E-state index in [1.807, 2.05) is 0 Å². The fraction of sp³-hybridized carbons (Fsp3) is 0.200. The number of hydrogen-bond acceptors (Lipinski definition) is 1. The maximum Gasteiger partial charge on any atom is 0.00830 e. The predicted octanol–water partition coefficient (Wildman–Crippen LogP) is 3.97. The lowest BCUT2D eigenvalue weighted by molar-refractivity contribution is 1.56. The van der Waals surface area contributed by atoms with Gasteiger partial charge in [-0.05, 0) is 17.6 Å². The molecule has 78 valence electrons. The Morgan fingerprint density at radius 3 is 1.83 bits per heavy atom. The molecule has 0 N–H and O–H groups in total. The summed E-state index contributed by atoms with van der Waals surface area (Å²) in [6.45, 7) is 0. The maximum absolute atomic E-state index is 2.69. The fourth-order valence-electron chi connectivity index (χ4n) is 0.429. The van der Waals surface area contributed by atoms with Gasteiger partial charge in [0, 0.05) is 4.88 Å². The number of thiophene rings is 1. The van der Waals surface area contributed by atoms with E-state index in [9.17, 15) is 0 Å². The van der Waals surface area contributed by atoms with Crippen molar-refractivity contribution in [2.75, 3.05) is 0 Å². The quantitative estimate of drug-likeness (QED) is 0.580. The summed E-state index contributed by atoms with van der Waals surface area (Å²) >= 11 is 1.80. The van der Waals surface area contributed by atoms with Crippen molar-refractivity contribution in [1.29, 1.82) is 0 Å². The first-order chi connectivity index (χ1) is 3.43. The molecule has 3 atom stereocenters. The van der Waals surface area contributed by atoms with Gasteiger partial charge < -0.3 is 0 Å². The Morgan fingerprint density at radius 2 is 1.67 bits per heavy atom. The third-order valence-electron chi connectivity index (χ3n) is 0.781. The van der Waals surface area contributed by atoms with Crippen LogP contribution in [0.15, 0.2) is 17.5 Å². The van der Waals surface area contributed by atoms with E-state index >= 15 is 0 Å². The van der Waals surface area contributed by atoms with Gasteiger partial charge in [0.05, 0.1) is 0 Å². The van der Waals surface area contributed by atoms with Crippen LogP contribution in [0.4, 0.5) is 0 Å². The van der Waals surface area contributed by atoms with Gasteiger partial charge in [-0.15, -0.1) is 71.5 Å². The molecule has 12 heavy (non-hydrogen) atoms. The highest BCUT2D eigenvalue weighted by molar-refractivity contribution is 8.93. The summed E-state index contributed by atoms with van der Waals surface area (Å²) in [6.07, 6.45) is 1.09. The van der Waals surface area contributed by atoms with Gasteiger partial charge >= 0.3 is 0 Å². The number of halogens is 3. The second kappa shape index (κ2) is 19.1. The van der Waals surface area contributed by atoms with Crippen molar-refractivity contribution >= 4 is 91.3 Å². The van der Waals surface area contributed by atoms with Gasteiger partial charge in [-0.2, -0.15) is 19.8 Å². The fourth-order valence-corrected chi connectivity index (χ4v) is 1.44. The lowest BCUT2D eigenvalue weighted by atomic mass is 10.5. The van der Waals surface area contributed by atoms with E-state index in [0.717, 1.165) is 6.16 Å². The summed E-state index contributed by atoms with van der Waals surface area (Å²) in [4.78, 5) is 1.44. The Kier molecular flexibility index (Phi) is 46.5. The highest BCUT2D eigenvalue weighted by Gasteiger charge is 1.82. The van der Waals surface area contributed by atoms with Crippen LogP contribution < -0.4 is 0 Å². The van der Waals surface area contributed by atoms with Gasteiger partial charge in [0.2, 0.25) is 0 Å². The monoisotopic (exact) mass is 438 g/mol. The average Bonchev–Trinajstić information content (AvgIpc) is 2.14. The third kappa shape index (κ3) is 12.4. The van der Waals surface area contributed by atoms with Crippen LogP contribution >= 0.6 is 91.3 Å². The molecule has 0 aromatic carbocycles. The summed E-state index contributed by atoms with van der Waals surface area (Å²) in [5.74, 6) is 0. The van der Waals surface area contributed by atoms with Crippen molar-refractivity contribution < 1.29 is 0 Å². The van der Waals surface area contributed by atoms with Crippen LogP contribution in [-0.2, 0) is 6.16 Å². The Morgan fingerprint density at radius 1 is 1.17 bits per heavy atom. The van der Waals surface area contributed by atoms with Crippen LogP contribution in [0.5, 0.6) is 0 Å². The molecular formula is C5H16Br3P3S. The average molecular weight is 441 g/mol. The highest BCUT2D eigenvalue weighted by Crippen LogP contribution is 2.11. The first kappa shape index (κ1) is 29.3. The summed E-state index contributed by atoms with van der Waals surface area (Å²) in [6, 6.07) is 4.21. The zero-order valence-corrected chi connectivity index (χ0v) is 16.5. The summed E-state index contributed by atoms with van der Waals surface area (Å²) < 4.78 is 0. The molecule has 1 aromatic heterocycles. The Bertz CT molecular complexity index is 136. The van der Waals surface area contributed by atoms with Crippen LogP contribution in [0.25, 0.3) is 0 Å². The van der Waals surface area contributed by atoms with E-state index in [1.54, 1.807) is 11.3 Å². The van der Waals surface area contributed by atoms with Crippen LogP contribution in [0.3, 0.4) is 0 Å². The minimum absolute atomic E-state index is 0. The van der Waals surface area contributed by atoms with Crippen molar-refractivity contribution in [3.8, 4) is 0 Å². The van der Waals surface area contributed by atoms with E-state index in [1.165, 1.54) is 4.88 Å². The predicted molar refractivity (Wildman–Crippen MR) is 90.9 cm³/mol. The van der Waals surface area contributed by atoms with E-state index in [2.05, 4.69) is 26.8 Å². The van der Waals surface area contributed by atoms with Crippen molar-refractivity contribution in [2.45, 2.75) is 6.16 Å².